The number of rotatable bonds is 9. The van der Waals surface area contributed by atoms with Crippen LogP contribution in [0, 0.1) is 0 Å². The fraction of sp³-hybridized carbons (Fsp3) is 0.706. The van der Waals surface area contributed by atoms with E-state index < -0.39 is 24.5 Å². The van der Waals surface area contributed by atoms with Crippen molar-refractivity contribution < 1.29 is 28.6 Å². The van der Waals surface area contributed by atoms with Crippen LogP contribution in [0.1, 0.15) is 58.3 Å². The number of unbranched alkanes of at least 4 members (excludes halogenated alkanes) is 1. The Labute approximate surface area is 137 Å². The molecule has 1 rings (SSSR count). The van der Waals surface area contributed by atoms with Crippen LogP contribution in [0.3, 0.4) is 0 Å². The van der Waals surface area contributed by atoms with Crippen molar-refractivity contribution in [2.45, 2.75) is 64.4 Å². The maximum Gasteiger partial charge on any atom is 0.344 e. The lowest BCUT2D eigenvalue weighted by Gasteiger charge is -2.21. The molecule has 0 amide bonds. The summed E-state index contributed by atoms with van der Waals surface area (Å²) < 4.78 is 15.0. The molecule has 23 heavy (non-hydrogen) atoms. The molecular formula is C17H26O6. The van der Waals surface area contributed by atoms with Gasteiger partial charge in [-0.3, -0.25) is 4.79 Å². The van der Waals surface area contributed by atoms with Gasteiger partial charge in [0, 0.05) is 5.57 Å². The van der Waals surface area contributed by atoms with E-state index in [0.29, 0.717) is 6.61 Å². The minimum Gasteiger partial charge on any atom is -0.465 e. The van der Waals surface area contributed by atoms with Crippen molar-refractivity contribution in [1.29, 1.82) is 0 Å². The van der Waals surface area contributed by atoms with Crippen LogP contribution >= 0.6 is 0 Å². The summed E-state index contributed by atoms with van der Waals surface area (Å²) in [4.78, 5) is 34.7. The largest absolute Gasteiger partial charge is 0.465 e. The number of ether oxygens (including phenoxy) is 3. The molecule has 6 heteroatoms. The van der Waals surface area contributed by atoms with Crippen molar-refractivity contribution in [2.75, 3.05) is 13.2 Å². The smallest absolute Gasteiger partial charge is 0.344 e. The van der Waals surface area contributed by atoms with E-state index in [4.69, 9.17) is 14.2 Å². The molecule has 1 saturated carbocycles. The van der Waals surface area contributed by atoms with Crippen molar-refractivity contribution in [2.24, 2.45) is 0 Å². The molecule has 0 saturated heterocycles. The number of esters is 3. The first kappa shape index (κ1) is 19.2. The fourth-order valence-corrected chi connectivity index (χ4v) is 2.26. The second-order valence-electron chi connectivity index (χ2n) is 5.68. The SMILES string of the molecule is C=C(CC(=O)OCCCC)C(=O)OCC(=O)OC1CCCCC1. The van der Waals surface area contributed by atoms with Crippen molar-refractivity contribution in [3.63, 3.8) is 0 Å². The van der Waals surface area contributed by atoms with E-state index in [1.54, 1.807) is 0 Å². The molecule has 0 aromatic heterocycles. The third kappa shape index (κ3) is 8.38. The summed E-state index contributed by atoms with van der Waals surface area (Å²) in [5.41, 5.74) is -0.0306. The van der Waals surface area contributed by atoms with Gasteiger partial charge in [-0.2, -0.15) is 0 Å². The maximum atomic E-state index is 11.7. The Bertz CT molecular complexity index is 423. The Morgan fingerprint density at radius 1 is 1.04 bits per heavy atom. The van der Waals surface area contributed by atoms with Crippen LogP contribution < -0.4 is 0 Å². The van der Waals surface area contributed by atoms with Gasteiger partial charge in [-0.1, -0.05) is 26.3 Å². The van der Waals surface area contributed by atoms with Gasteiger partial charge in [-0.15, -0.1) is 0 Å². The molecule has 1 aliphatic rings. The Morgan fingerprint density at radius 3 is 2.39 bits per heavy atom. The highest BCUT2D eigenvalue weighted by atomic mass is 16.6. The molecule has 0 aromatic rings. The summed E-state index contributed by atoms with van der Waals surface area (Å²) in [5, 5.41) is 0. The molecule has 6 nitrogen and oxygen atoms in total. The van der Waals surface area contributed by atoms with Gasteiger partial charge < -0.3 is 14.2 Å². The lowest BCUT2D eigenvalue weighted by Crippen LogP contribution is -2.25. The molecular weight excluding hydrogens is 300 g/mol. The van der Waals surface area contributed by atoms with Crippen LogP contribution in [0.5, 0.6) is 0 Å². The van der Waals surface area contributed by atoms with Crippen molar-refractivity contribution in [1.82, 2.24) is 0 Å². The molecule has 1 fully saturated rings. The molecule has 0 unspecified atom stereocenters. The van der Waals surface area contributed by atoms with Crippen molar-refractivity contribution in [3.8, 4) is 0 Å². The Morgan fingerprint density at radius 2 is 1.74 bits per heavy atom. The number of hydrogen-bond acceptors (Lipinski definition) is 6. The third-order valence-corrected chi connectivity index (χ3v) is 3.58. The molecule has 0 heterocycles. The van der Waals surface area contributed by atoms with Crippen LogP contribution in [0.4, 0.5) is 0 Å². The van der Waals surface area contributed by atoms with Crippen LogP contribution in [-0.2, 0) is 28.6 Å². The predicted molar refractivity (Wildman–Crippen MR) is 83.5 cm³/mol. The first-order valence-corrected chi connectivity index (χ1v) is 8.23. The molecule has 0 spiro atoms. The summed E-state index contributed by atoms with van der Waals surface area (Å²) in [7, 11) is 0. The van der Waals surface area contributed by atoms with Gasteiger partial charge in [0.25, 0.3) is 0 Å². The van der Waals surface area contributed by atoms with Crippen LogP contribution in [0.25, 0.3) is 0 Å². The zero-order valence-corrected chi connectivity index (χ0v) is 13.8. The zero-order chi connectivity index (χ0) is 17.1. The summed E-state index contributed by atoms with van der Waals surface area (Å²) in [5.74, 6) is -1.87. The fourth-order valence-electron chi connectivity index (χ4n) is 2.26. The number of carbonyl (C=O) groups excluding carboxylic acids is 3. The lowest BCUT2D eigenvalue weighted by atomic mass is 9.98. The Balaban J connectivity index is 2.19. The molecule has 0 aromatic carbocycles. The summed E-state index contributed by atoms with van der Waals surface area (Å²) in [6.45, 7) is 5.34. The van der Waals surface area contributed by atoms with Gasteiger partial charge in [0.05, 0.1) is 13.0 Å². The van der Waals surface area contributed by atoms with Crippen molar-refractivity contribution >= 4 is 17.9 Å². The van der Waals surface area contributed by atoms with Gasteiger partial charge in [0.1, 0.15) is 6.10 Å². The Kier molecular flexibility index (Phi) is 9.02. The topological polar surface area (TPSA) is 78.9 Å². The van der Waals surface area contributed by atoms with Crippen LogP contribution in [-0.4, -0.2) is 37.2 Å². The maximum absolute atomic E-state index is 11.7. The molecule has 1 aliphatic carbocycles. The molecule has 0 bridgehead atoms. The van der Waals surface area contributed by atoms with Gasteiger partial charge in [-0.05, 0) is 32.1 Å². The summed E-state index contributed by atoms with van der Waals surface area (Å²) >= 11 is 0. The summed E-state index contributed by atoms with van der Waals surface area (Å²) in [6.07, 6.45) is 6.36. The van der Waals surface area contributed by atoms with Gasteiger partial charge in [0.15, 0.2) is 6.61 Å². The van der Waals surface area contributed by atoms with E-state index in [1.165, 1.54) is 0 Å². The van der Waals surface area contributed by atoms with Crippen LogP contribution in [0.2, 0.25) is 0 Å². The van der Waals surface area contributed by atoms with E-state index in [-0.39, 0.29) is 18.1 Å². The van der Waals surface area contributed by atoms with E-state index in [9.17, 15) is 14.4 Å². The third-order valence-electron chi connectivity index (χ3n) is 3.58. The highest BCUT2D eigenvalue weighted by Crippen LogP contribution is 2.20. The number of carbonyl (C=O) groups is 3. The first-order valence-electron chi connectivity index (χ1n) is 8.23. The molecule has 0 atom stereocenters. The zero-order valence-electron chi connectivity index (χ0n) is 13.8. The first-order chi connectivity index (χ1) is 11.0. The molecule has 130 valence electrons. The van der Waals surface area contributed by atoms with E-state index in [2.05, 4.69) is 6.58 Å². The standard InChI is InChI=1S/C17H26O6/c1-3-4-10-21-15(18)11-13(2)17(20)22-12-16(19)23-14-8-6-5-7-9-14/h14H,2-12H2,1H3. The second-order valence-corrected chi connectivity index (χ2v) is 5.68. The molecule has 0 aliphatic heterocycles. The summed E-state index contributed by atoms with van der Waals surface area (Å²) in [6, 6.07) is 0. The quantitative estimate of drug-likeness (QED) is 0.280. The van der Waals surface area contributed by atoms with Crippen LogP contribution in [0.15, 0.2) is 12.2 Å². The average Bonchev–Trinajstić information content (AvgIpc) is 2.53. The van der Waals surface area contributed by atoms with E-state index in [0.717, 1.165) is 44.9 Å². The number of hydrogen-bond donors (Lipinski definition) is 0. The van der Waals surface area contributed by atoms with E-state index >= 15 is 0 Å². The van der Waals surface area contributed by atoms with Gasteiger partial charge >= 0.3 is 17.9 Å². The Hall–Kier alpha value is -1.85. The van der Waals surface area contributed by atoms with E-state index in [1.807, 2.05) is 6.92 Å². The van der Waals surface area contributed by atoms with Gasteiger partial charge in [0.2, 0.25) is 0 Å². The van der Waals surface area contributed by atoms with Gasteiger partial charge in [-0.25, -0.2) is 9.59 Å². The predicted octanol–water partition coefficient (Wildman–Crippen LogP) is 2.70. The second kappa shape index (κ2) is 10.8. The minimum absolute atomic E-state index is 0.0306. The highest BCUT2D eigenvalue weighted by molar-refractivity contribution is 5.94. The molecule has 0 N–H and O–H groups in total. The lowest BCUT2D eigenvalue weighted by molar-refractivity contribution is -0.161. The van der Waals surface area contributed by atoms with Crippen molar-refractivity contribution in [3.05, 3.63) is 12.2 Å². The monoisotopic (exact) mass is 326 g/mol. The normalized spacial score (nSPS) is 14.8. The average molecular weight is 326 g/mol. The minimum atomic E-state index is -0.780. The highest BCUT2D eigenvalue weighted by Gasteiger charge is 2.20. The molecule has 0 radical (unpaired) electrons.